The normalized spacial score (nSPS) is 10.6. The minimum absolute atomic E-state index is 0.301. The predicted octanol–water partition coefficient (Wildman–Crippen LogP) is 4.82. The highest BCUT2D eigenvalue weighted by Gasteiger charge is 2.06. The van der Waals surface area contributed by atoms with Gasteiger partial charge in [-0.1, -0.05) is 29.3 Å². The molecule has 1 N–H and O–H groups in total. The van der Waals surface area contributed by atoms with Gasteiger partial charge in [-0.05, 0) is 55.0 Å². The Balaban J connectivity index is 1.97. The zero-order valence-corrected chi connectivity index (χ0v) is 14.4. The third kappa shape index (κ3) is 5.11. The van der Waals surface area contributed by atoms with E-state index in [4.69, 9.17) is 27.9 Å². The van der Waals surface area contributed by atoms with Gasteiger partial charge in [0.05, 0.1) is 22.2 Å². The van der Waals surface area contributed by atoms with Crippen molar-refractivity contribution < 1.29 is 14.3 Å². The lowest BCUT2D eigenvalue weighted by Gasteiger charge is -2.04. The van der Waals surface area contributed by atoms with Crippen LogP contribution in [0.25, 0.3) is 6.08 Å². The molecule has 0 radical (unpaired) electrons. The Morgan fingerprint density at radius 1 is 1.08 bits per heavy atom. The first kappa shape index (κ1) is 18.0. The highest BCUT2D eigenvalue weighted by Crippen LogP contribution is 2.23. The highest BCUT2D eigenvalue weighted by molar-refractivity contribution is 6.42. The van der Waals surface area contributed by atoms with Crippen molar-refractivity contribution in [1.29, 1.82) is 0 Å². The summed E-state index contributed by atoms with van der Waals surface area (Å²) in [6.07, 6.45) is 3.02. The van der Waals surface area contributed by atoms with Crippen molar-refractivity contribution >= 4 is 46.8 Å². The summed E-state index contributed by atoms with van der Waals surface area (Å²) in [5, 5.41) is 3.58. The largest absolute Gasteiger partial charge is 0.462 e. The molecule has 0 heterocycles. The number of hydrogen-bond acceptors (Lipinski definition) is 3. The molecule has 0 saturated carbocycles. The molecule has 0 fully saturated rings. The zero-order chi connectivity index (χ0) is 17.5. The maximum Gasteiger partial charge on any atom is 0.338 e. The second kappa shape index (κ2) is 8.52. The Morgan fingerprint density at radius 3 is 2.42 bits per heavy atom. The summed E-state index contributed by atoms with van der Waals surface area (Å²) in [6.45, 7) is 2.06. The topological polar surface area (TPSA) is 55.4 Å². The summed E-state index contributed by atoms with van der Waals surface area (Å²) in [5.74, 6) is -0.695. The Kier molecular flexibility index (Phi) is 6.41. The molecule has 4 nitrogen and oxygen atoms in total. The lowest BCUT2D eigenvalue weighted by atomic mass is 10.2. The van der Waals surface area contributed by atoms with Crippen LogP contribution < -0.4 is 5.32 Å². The summed E-state index contributed by atoms with van der Waals surface area (Å²) in [5.41, 5.74) is 1.77. The number of carbonyl (C=O) groups excluding carboxylic acids is 2. The molecule has 1 amide bonds. The Morgan fingerprint density at radius 2 is 1.79 bits per heavy atom. The number of halogens is 2. The van der Waals surface area contributed by atoms with Gasteiger partial charge in [0, 0.05) is 11.8 Å². The summed E-state index contributed by atoms with van der Waals surface area (Å²) in [7, 11) is 0. The summed E-state index contributed by atoms with van der Waals surface area (Å²) in [4.78, 5) is 23.5. The van der Waals surface area contributed by atoms with Gasteiger partial charge in [0.15, 0.2) is 0 Å². The maximum absolute atomic E-state index is 11.9. The van der Waals surface area contributed by atoms with E-state index in [1.807, 2.05) is 0 Å². The molecule has 2 rings (SSSR count). The molecular formula is C18H15Cl2NO3. The fourth-order valence-electron chi connectivity index (χ4n) is 1.88. The fourth-order valence-corrected chi connectivity index (χ4v) is 2.18. The van der Waals surface area contributed by atoms with Crippen LogP contribution in [0.3, 0.4) is 0 Å². The Labute approximate surface area is 150 Å². The van der Waals surface area contributed by atoms with E-state index >= 15 is 0 Å². The van der Waals surface area contributed by atoms with Crippen molar-refractivity contribution in [3.8, 4) is 0 Å². The van der Waals surface area contributed by atoms with Crippen LogP contribution in [0, 0.1) is 0 Å². The molecule has 124 valence electrons. The van der Waals surface area contributed by atoms with Crippen LogP contribution in [-0.4, -0.2) is 18.5 Å². The summed E-state index contributed by atoms with van der Waals surface area (Å²) < 4.78 is 4.90. The van der Waals surface area contributed by atoms with Crippen LogP contribution in [0.2, 0.25) is 10.0 Å². The molecule has 0 saturated heterocycles. The van der Waals surface area contributed by atoms with Gasteiger partial charge in [-0.25, -0.2) is 4.79 Å². The quantitative estimate of drug-likeness (QED) is 0.611. The molecular weight excluding hydrogens is 349 g/mol. The van der Waals surface area contributed by atoms with Gasteiger partial charge in [-0.15, -0.1) is 0 Å². The predicted molar refractivity (Wildman–Crippen MR) is 96.5 cm³/mol. The van der Waals surface area contributed by atoms with E-state index in [-0.39, 0.29) is 5.91 Å². The van der Waals surface area contributed by atoms with E-state index in [9.17, 15) is 9.59 Å². The second-order valence-corrected chi connectivity index (χ2v) is 5.61. The first-order chi connectivity index (χ1) is 11.5. The van der Waals surface area contributed by atoms with Crippen molar-refractivity contribution in [2.45, 2.75) is 6.92 Å². The van der Waals surface area contributed by atoms with Gasteiger partial charge in [0.2, 0.25) is 5.91 Å². The molecule has 0 unspecified atom stereocenters. The van der Waals surface area contributed by atoms with Crippen LogP contribution in [0.5, 0.6) is 0 Å². The Hall–Kier alpha value is -2.30. The monoisotopic (exact) mass is 363 g/mol. The molecule has 0 aliphatic rings. The van der Waals surface area contributed by atoms with Crippen molar-refractivity contribution in [3.05, 3.63) is 69.7 Å². The third-order valence-corrected chi connectivity index (χ3v) is 3.77. The van der Waals surface area contributed by atoms with Gasteiger partial charge in [-0.2, -0.15) is 0 Å². The van der Waals surface area contributed by atoms with E-state index in [2.05, 4.69) is 5.32 Å². The standard InChI is InChI=1S/C18H15Cl2NO3/c1-2-24-18(23)13-5-7-14(8-6-13)21-17(22)10-4-12-3-9-15(19)16(20)11-12/h3-11H,2H2,1H3,(H,21,22)/b10-4+. The van der Waals surface area contributed by atoms with Crippen LogP contribution in [0.15, 0.2) is 48.5 Å². The number of benzene rings is 2. The van der Waals surface area contributed by atoms with Crippen LogP contribution in [-0.2, 0) is 9.53 Å². The number of anilines is 1. The average molecular weight is 364 g/mol. The summed E-state index contributed by atoms with van der Waals surface area (Å²) in [6, 6.07) is 11.5. The van der Waals surface area contributed by atoms with E-state index < -0.39 is 5.97 Å². The van der Waals surface area contributed by atoms with Crippen molar-refractivity contribution in [2.75, 3.05) is 11.9 Å². The number of ether oxygens (including phenoxy) is 1. The lowest BCUT2D eigenvalue weighted by molar-refractivity contribution is -0.111. The number of amides is 1. The van der Waals surface area contributed by atoms with Crippen molar-refractivity contribution in [3.63, 3.8) is 0 Å². The SMILES string of the molecule is CCOC(=O)c1ccc(NC(=O)/C=C/c2ccc(Cl)c(Cl)c2)cc1. The number of nitrogens with one attached hydrogen (secondary N) is 1. The molecule has 0 bridgehead atoms. The minimum atomic E-state index is -0.394. The van der Waals surface area contributed by atoms with E-state index in [1.54, 1.807) is 55.5 Å². The molecule has 0 spiro atoms. The van der Waals surface area contributed by atoms with Gasteiger partial charge in [-0.3, -0.25) is 4.79 Å². The first-order valence-corrected chi connectivity index (χ1v) is 7.96. The van der Waals surface area contributed by atoms with Crippen LogP contribution >= 0.6 is 23.2 Å². The number of hydrogen-bond donors (Lipinski definition) is 1. The Bertz CT molecular complexity index is 770. The fraction of sp³-hybridized carbons (Fsp3) is 0.111. The molecule has 6 heteroatoms. The number of rotatable bonds is 5. The van der Waals surface area contributed by atoms with Crippen LogP contribution in [0.4, 0.5) is 5.69 Å². The lowest BCUT2D eigenvalue weighted by Crippen LogP contribution is -2.08. The second-order valence-electron chi connectivity index (χ2n) is 4.79. The third-order valence-electron chi connectivity index (χ3n) is 3.03. The van der Waals surface area contributed by atoms with E-state index in [1.165, 1.54) is 6.08 Å². The highest BCUT2D eigenvalue weighted by atomic mass is 35.5. The molecule has 24 heavy (non-hydrogen) atoms. The van der Waals surface area contributed by atoms with Crippen molar-refractivity contribution in [2.24, 2.45) is 0 Å². The first-order valence-electron chi connectivity index (χ1n) is 7.21. The van der Waals surface area contributed by atoms with Gasteiger partial charge in [0.25, 0.3) is 0 Å². The molecule has 0 aliphatic heterocycles. The van der Waals surface area contributed by atoms with E-state index in [0.717, 1.165) is 5.56 Å². The number of carbonyl (C=O) groups is 2. The molecule has 2 aromatic carbocycles. The van der Waals surface area contributed by atoms with Gasteiger partial charge in [0.1, 0.15) is 0 Å². The molecule has 0 aromatic heterocycles. The smallest absolute Gasteiger partial charge is 0.338 e. The van der Waals surface area contributed by atoms with E-state index in [0.29, 0.717) is 27.9 Å². The van der Waals surface area contributed by atoms with Gasteiger partial charge < -0.3 is 10.1 Å². The van der Waals surface area contributed by atoms with Crippen LogP contribution in [0.1, 0.15) is 22.8 Å². The van der Waals surface area contributed by atoms with Gasteiger partial charge >= 0.3 is 5.97 Å². The van der Waals surface area contributed by atoms with Crippen molar-refractivity contribution in [1.82, 2.24) is 0 Å². The molecule has 0 aliphatic carbocycles. The average Bonchev–Trinajstić information content (AvgIpc) is 2.57. The zero-order valence-electron chi connectivity index (χ0n) is 12.9. The maximum atomic E-state index is 11.9. The molecule has 2 aromatic rings. The number of esters is 1. The minimum Gasteiger partial charge on any atom is -0.462 e. The molecule has 0 atom stereocenters. The summed E-state index contributed by atoms with van der Waals surface area (Å²) >= 11 is 11.8.